The summed E-state index contributed by atoms with van der Waals surface area (Å²) in [6, 6.07) is 0. The number of nitrogen functional groups attached to an aromatic ring is 1. The van der Waals surface area contributed by atoms with Crippen molar-refractivity contribution in [3.63, 3.8) is 0 Å². The molecule has 1 saturated carbocycles. The zero-order valence-electron chi connectivity index (χ0n) is 13.1. The van der Waals surface area contributed by atoms with Gasteiger partial charge >= 0.3 is 5.97 Å². The van der Waals surface area contributed by atoms with Gasteiger partial charge in [-0.05, 0) is 37.0 Å². The Morgan fingerprint density at radius 2 is 1.95 bits per heavy atom. The molecule has 3 rings (SSSR count). The first-order chi connectivity index (χ1) is 9.93. The van der Waals surface area contributed by atoms with Gasteiger partial charge < -0.3 is 15.4 Å². The number of nitrogens with two attached hydrogens (primary N) is 1. The van der Waals surface area contributed by atoms with E-state index in [4.69, 9.17) is 10.5 Å². The molecule has 4 nitrogen and oxygen atoms in total. The van der Waals surface area contributed by atoms with Crippen LogP contribution in [0.4, 0.5) is 10.7 Å². The number of methoxy groups -OCH3 is 1. The predicted molar refractivity (Wildman–Crippen MR) is 87.3 cm³/mol. The van der Waals surface area contributed by atoms with Gasteiger partial charge in [0, 0.05) is 18.7 Å². The summed E-state index contributed by atoms with van der Waals surface area (Å²) in [4.78, 5) is 14.9. The second-order valence-electron chi connectivity index (χ2n) is 6.98. The fourth-order valence-electron chi connectivity index (χ4n) is 3.01. The van der Waals surface area contributed by atoms with Crippen LogP contribution in [-0.2, 0) is 4.74 Å². The van der Waals surface area contributed by atoms with E-state index in [-0.39, 0.29) is 5.97 Å². The third kappa shape index (κ3) is 2.76. The van der Waals surface area contributed by atoms with Gasteiger partial charge in [-0.15, -0.1) is 11.3 Å². The SMILES string of the molecule is COC(=O)c1sc(N2CCC(C)(C)CC2)c(C2CC2)c1N. The molecule has 1 aromatic rings. The van der Waals surface area contributed by atoms with Gasteiger partial charge in [0.15, 0.2) is 0 Å². The third-order valence-corrected chi connectivity index (χ3v) is 5.99. The highest BCUT2D eigenvalue weighted by molar-refractivity contribution is 7.18. The fourth-order valence-corrected chi connectivity index (χ4v) is 4.28. The summed E-state index contributed by atoms with van der Waals surface area (Å²) in [5.74, 6) is 0.243. The molecule has 0 bridgehead atoms. The Hall–Kier alpha value is -1.23. The largest absolute Gasteiger partial charge is 0.465 e. The standard InChI is InChI=1S/C16H24N2O2S/c1-16(2)6-8-18(9-7-16)14-11(10-4-5-10)12(17)13(21-14)15(19)20-3/h10H,4-9,17H2,1-3H3. The van der Waals surface area contributed by atoms with E-state index in [1.165, 1.54) is 54.7 Å². The number of piperidine rings is 1. The molecule has 0 amide bonds. The van der Waals surface area contributed by atoms with E-state index in [0.29, 0.717) is 21.9 Å². The molecule has 0 unspecified atom stereocenters. The first-order valence-electron chi connectivity index (χ1n) is 7.68. The molecule has 0 atom stereocenters. The van der Waals surface area contributed by atoms with E-state index < -0.39 is 0 Å². The van der Waals surface area contributed by atoms with Crippen molar-refractivity contribution in [2.45, 2.75) is 45.4 Å². The van der Waals surface area contributed by atoms with Crippen LogP contribution in [0.5, 0.6) is 0 Å². The molecule has 2 aliphatic rings. The van der Waals surface area contributed by atoms with Crippen molar-refractivity contribution >= 4 is 28.0 Å². The van der Waals surface area contributed by atoms with Gasteiger partial charge in [-0.2, -0.15) is 0 Å². The van der Waals surface area contributed by atoms with Crippen LogP contribution in [0.25, 0.3) is 0 Å². The summed E-state index contributed by atoms with van der Waals surface area (Å²) in [5.41, 5.74) is 8.56. The highest BCUT2D eigenvalue weighted by Crippen LogP contribution is 2.52. The Bertz CT molecular complexity index is 551. The minimum atomic E-state index is -0.303. The van der Waals surface area contributed by atoms with Gasteiger partial charge in [0.25, 0.3) is 0 Å². The summed E-state index contributed by atoms with van der Waals surface area (Å²) in [6.07, 6.45) is 4.74. The van der Waals surface area contributed by atoms with E-state index in [1.807, 2.05) is 0 Å². The number of carbonyl (C=O) groups is 1. The highest BCUT2D eigenvalue weighted by Gasteiger charge is 2.36. The molecular weight excluding hydrogens is 284 g/mol. The van der Waals surface area contributed by atoms with E-state index in [2.05, 4.69) is 18.7 Å². The molecule has 116 valence electrons. The smallest absolute Gasteiger partial charge is 0.350 e. The number of rotatable bonds is 3. The fraction of sp³-hybridized carbons (Fsp3) is 0.688. The average Bonchev–Trinajstić information content (AvgIpc) is 3.22. The van der Waals surface area contributed by atoms with Crippen molar-refractivity contribution in [1.82, 2.24) is 0 Å². The maximum absolute atomic E-state index is 11.9. The summed E-state index contributed by atoms with van der Waals surface area (Å²) >= 11 is 1.52. The lowest BCUT2D eigenvalue weighted by Crippen LogP contribution is -2.37. The van der Waals surface area contributed by atoms with Crippen LogP contribution in [0, 0.1) is 5.41 Å². The quantitative estimate of drug-likeness (QED) is 0.867. The normalized spacial score (nSPS) is 21.4. The lowest BCUT2D eigenvalue weighted by molar-refractivity contribution is 0.0607. The number of hydrogen-bond donors (Lipinski definition) is 1. The number of esters is 1. The minimum absolute atomic E-state index is 0.303. The van der Waals surface area contributed by atoms with Crippen molar-refractivity contribution in [2.75, 3.05) is 30.8 Å². The maximum atomic E-state index is 11.9. The molecule has 2 heterocycles. The van der Waals surface area contributed by atoms with Gasteiger partial charge in [0.2, 0.25) is 0 Å². The Balaban J connectivity index is 1.92. The number of nitrogens with zero attached hydrogens (tertiary/aromatic N) is 1. The van der Waals surface area contributed by atoms with Crippen LogP contribution in [0.1, 0.15) is 60.7 Å². The lowest BCUT2D eigenvalue weighted by atomic mass is 9.83. The maximum Gasteiger partial charge on any atom is 0.350 e. The summed E-state index contributed by atoms with van der Waals surface area (Å²) in [7, 11) is 1.42. The molecular formula is C16H24N2O2S. The minimum Gasteiger partial charge on any atom is -0.465 e. The van der Waals surface area contributed by atoms with Crippen LogP contribution in [-0.4, -0.2) is 26.2 Å². The van der Waals surface area contributed by atoms with Crippen molar-refractivity contribution in [2.24, 2.45) is 5.41 Å². The van der Waals surface area contributed by atoms with Crippen LogP contribution < -0.4 is 10.6 Å². The summed E-state index contributed by atoms with van der Waals surface area (Å²) in [5, 5.41) is 1.21. The molecule has 1 saturated heterocycles. The van der Waals surface area contributed by atoms with E-state index in [0.717, 1.165) is 13.1 Å². The third-order valence-electron chi connectivity index (χ3n) is 4.72. The van der Waals surface area contributed by atoms with Crippen molar-refractivity contribution < 1.29 is 9.53 Å². The number of anilines is 2. The molecule has 2 N–H and O–H groups in total. The van der Waals surface area contributed by atoms with E-state index >= 15 is 0 Å². The number of hydrogen-bond acceptors (Lipinski definition) is 5. The number of ether oxygens (including phenoxy) is 1. The Morgan fingerprint density at radius 3 is 2.48 bits per heavy atom. The number of carbonyl (C=O) groups excluding carboxylic acids is 1. The molecule has 0 radical (unpaired) electrons. The van der Waals surface area contributed by atoms with Gasteiger partial charge in [-0.25, -0.2) is 4.79 Å². The van der Waals surface area contributed by atoms with Crippen molar-refractivity contribution in [1.29, 1.82) is 0 Å². The first kappa shape index (κ1) is 14.7. The summed E-state index contributed by atoms with van der Waals surface area (Å²) < 4.78 is 4.88. The van der Waals surface area contributed by atoms with Gasteiger partial charge in [0.1, 0.15) is 4.88 Å². The number of thiophene rings is 1. The Kier molecular flexibility index (Phi) is 3.64. The molecule has 1 aromatic heterocycles. The Labute approximate surface area is 130 Å². The van der Waals surface area contributed by atoms with Gasteiger partial charge in [-0.1, -0.05) is 13.8 Å². The predicted octanol–water partition coefficient (Wildman–Crippen LogP) is 3.62. The molecule has 5 heteroatoms. The van der Waals surface area contributed by atoms with E-state index in [1.54, 1.807) is 0 Å². The molecule has 0 aromatic carbocycles. The van der Waals surface area contributed by atoms with Crippen LogP contribution >= 0.6 is 11.3 Å². The average molecular weight is 308 g/mol. The second-order valence-corrected chi connectivity index (χ2v) is 7.98. The van der Waals surface area contributed by atoms with Crippen LogP contribution in [0.15, 0.2) is 0 Å². The molecule has 2 fully saturated rings. The lowest BCUT2D eigenvalue weighted by Gasteiger charge is -2.38. The molecule has 1 aliphatic heterocycles. The zero-order chi connectivity index (χ0) is 15.2. The van der Waals surface area contributed by atoms with Crippen molar-refractivity contribution in [3.8, 4) is 0 Å². The summed E-state index contributed by atoms with van der Waals surface area (Å²) in [6.45, 7) is 6.75. The highest BCUT2D eigenvalue weighted by atomic mass is 32.1. The molecule has 0 spiro atoms. The first-order valence-corrected chi connectivity index (χ1v) is 8.50. The molecule has 21 heavy (non-hydrogen) atoms. The zero-order valence-corrected chi connectivity index (χ0v) is 13.9. The van der Waals surface area contributed by atoms with E-state index in [9.17, 15) is 4.79 Å². The van der Waals surface area contributed by atoms with Gasteiger partial charge in [-0.3, -0.25) is 0 Å². The monoisotopic (exact) mass is 308 g/mol. The topological polar surface area (TPSA) is 55.6 Å². The Morgan fingerprint density at radius 1 is 1.33 bits per heavy atom. The van der Waals surface area contributed by atoms with Crippen LogP contribution in [0.3, 0.4) is 0 Å². The second kappa shape index (κ2) is 5.20. The van der Waals surface area contributed by atoms with Crippen LogP contribution in [0.2, 0.25) is 0 Å². The van der Waals surface area contributed by atoms with Crippen molar-refractivity contribution in [3.05, 3.63) is 10.4 Å². The molecule has 1 aliphatic carbocycles. The van der Waals surface area contributed by atoms with Gasteiger partial charge in [0.05, 0.1) is 17.8 Å².